The van der Waals surface area contributed by atoms with Crippen molar-refractivity contribution in [3.05, 3.63) is 133 Å². The van der Waals surface area contributed by atoms with Crippen molar-refractivity contribution in [2.45, 2.75) is 76.7 Å². The van der Waals surface area contributed by atoms with Crippen LogP contribution in [0, 0.1) is 23.4 Å². The predicted octanol–water partition coefficient (Wildman–Crippen LogP) is 4.59. The Labute approximate surface area is 421 Å². The number of pyridine rings is 1. The van der Waals surface area contributed by atoms with E-state index in [4.69, 9.17) is 0 Å². The monoisotopic (exact) mass is 1000 g/mol. The number of fused-ring (bicyclic) bond motifs is 3. The van der Waals surface area contributed by atoms with Gasteiger partial charge in [-0.25, -0.2) is 18.0 Å². The first-order valence-corrected chi connectivity index (χ1v) is 25.6. The third-order valence-corrected chi connectivity index (χ3v) is 16.7. The van der Waals surface area contributed by atoms with E-state index in [1.165, 1.54) is 27.5 Å². The van der Waals surface area contributed by atoms with Gasteiger partial charge >= 0.3 is 5.69 Å². The second kappa shape index (κ2) is 19.0. The number of aromatic nitrogens is 3. The van der Waals surface area contributed by atoms with Crippen molar-refractivity contribution in [3.8, 4) is 0 Å². The van der Waals surface area contributed by atoms with Gasteiger partial charge in [0, 0.05) is 133 Å². The maximum absolute atomic E-state index is 15.9. The van der Waals surface area contributed by atoms with Crippen LogP contribution in [-0.2, 0) is 29.6 Å². The number of carbonyl (C=O) groups excluding carboxylic acids is 3. The third kappa shape index (κ3) is 8.61. The van der Waals surface area contributed by atoms with Gasteiger partial charge in [0.15, 0.2) is 5.82 Å². The molecule has 73 heavy (non-hydrogen) atoms. The van der Waals surface area contributed by atoms with Crippen molar-refractivity contribution in [1.82, 2.24) is 48.8 Å². The highest BCUT2D eigenvalue weighted by atomic mass is 19.1. The Balaban J connectivity index is 0.673. The summed E-state index contributed by atoms with van der Waals surface area (Å²) in [5, 5.41) is 8.79. The molecular weight excluding hydrogens is 940 g/mol. The first-order chi connectivity index (χ1) is 35.1. The highest BCUT2D eigenvalue weighted by Gasteiger charge is 2.44. The molecule has 4 aromatic rings. The normalized spacial score (nSPS) is 23.6. The number of halogens is 3. The van der Waals surface area contributed by atoms with Crippen molar-refractivity contribution < 1.29 is 27.6 Å². The van der Waals surface area contributed by atoms with E-state index in [0.29, 0.717) is 80.3 Å². The van der Waals surface area contributed by atoms with Gasteiger partial charge in [-0.1, -0.05) is 12.1 Å². The number of likely N-dealkylation sites (tertiary alicyclic amines) is 1. The highest BCUT2D eigenvalue weighted by molar-refractivity contribution is 6.00. The molecule has 2 aromatic heterocycles. The Morgan fingerprint density at radius 3 is 2.32 bits per heavy atom. The number of anilines is 1. The van der Waals surface area contributed by atoms with Crippen LogP contribution in [0.5, 0.6) is 0 Å². The lowest BCUT2D eigenvalue weighted by Crippen LogP contribution is -2.54. The average Bonchev–Trinajstić information content (AvgIpc) is 4.06. The minimum atomic E-state index is -0.748. The number of aryl methyl sites for hydroxylation is 1. The standard InChI is InChI=1S/C54H62F3N11O5/c1-32(45-28-38-42(10-16-59-54(38,2)62(45)4)67-31-41(57)49-37(52(67)72)9-15-58-49)65-19-13-35(14-20-65)48-39(55)26-36(27-40(48)56)51(71)66-17-11-33(12-18-66)29-63-21-23-64(24-22-63)30-34-5-6-43-46(25-34)61(3)53(73)68(43)44-7-8-47(69)60-50(44)70/h5-6,10,13,16,25-28,31-33,44,58-59H,7-9,11-12,14-15,17-24,29-30H2,1-4H3,(H,60,69,70)/t32-,44?,54?/m0/s1. The summed E-state index contributed by atoms with van der Waals surface area (Å²) < 4.78 is 51.5. The molecule has 3 N–H and O–H groups in total. The molecule has 16 nitrogen and oxygen atoms in total. The first kappa shape index (κ1) is 48.6. The number of allylic oxidation sites excluding steroid dienone is 2. The molecule has 3 atom stereocenters. The van der Waals surface area contributed by atoms with Crippen LogP contribution in [0.4, 0.5) is 18.9 Å². The summed E-state index contributed by atoms with van der Waals surface area (Å²) in [6, 6.07) is 7.44. The van der Waals surface area contributed by atoms with Crippen LogP contribution in [0.15, 0.2) is 81.8 Å². The van der Waals surface area contributed by atoms with Crippen molar-refractivity contribution in [1.29, 1.82) is 0 Å². The largest absolute Gasteiger partial charge is 0.382 e. The molecular formula is C54H62F3N11O5. The lowest BCUT2D eigenvalue weighted by molar-refractivity contribution is -0.135. The fraction of sp³-hybridized carbons (Fsp3) is 0.463. The van der Waals surface area contributed by atoms with Crippen molar-refractivity contribution in [3.63, 3.8) is 0 Å². The van der Waals surface area contributed by atoms with Crippen LogP contribution in [0.3, 0.4) is 0 Å². The van der Waals surface area contributed by atoms with E-state index in [1.54, 1.807) is 28.8 Å². The molecule has 0 spiro atoms. The zero-order chi connectivity index (χ0) is 51.0. The molecule has 7 aliphatic heterocycles. The minimum Gasteiger partial charge on any atom is -0.382 e. The fourth-order valence-electron chi connectivity index (χ4n) is 12.3. The van der Waals surface area contributed by atoms with Crippen molar-refractivity contribution >= 4 is 45.7 Å². The van der Waals surface area contributed by atoms with E-state index in [0.717, 1.165) is 74.5 Å². The number of rotatable bonds is 10. The molecule has 0 saturated carbocycles. The van der Waals surface area contributed by atoms with E-state index in [1.807, 2.05) is 38.2 Å². The summed E-state index contributed by atoms with van der Waals surface area (Å²) in [5.74, 6) is -2.70. The second-order valence-electron chi connectivity index (χ2n) is 20.9. The molecule has 7 aliphatic rings. The number of hydrogen-bond acceptors (Lipinski definition) is 11. The maximum atomic E-state index is 15.9. The number of imidazole rings is 1. The molecule has 2 unspecified atom stereocenters. The Bertz CT molecular complexity index is 3190. The molecule has 0 bridgehead atoms. The molecule has 19 heteroatoms. The van der Waals surface area contributed by atoms with Crippen LogP contribution in [0.2, 0.25) is 0 Å². The Kier molecular flexibility index (Phi) is 12.6. The molecule has 384 valence electrons. The van der Waals surface area contributed by atoms with Crippen LogP contribution >= 0.6 is 0 Å². The lowest BCUT2D eigenvalue weighted by Gasteiger charge is -2.42. The van der Waals surface area contributed by atoms with Crippen LogP contribution in [-0.4, -0.2) is 140 Å². The first-order valence-electron chi connectivity index (χ1n) is 25.6. The van der Waals surface area contributed by atoms with Gasteiger partial charge in [0.05, 0.1) is 28.6 Å². The Hall–Kier alpha value is -6.70. The topological polar surface area (TPSA) is 152 Å². The van der Waals surface area contributed by atoms with Gasteiger partial charge in [-0.15, -0.1) is 0 Å². The van der Waals surface area contributed by atoms with Crippen molar-refractivity contribution in [2.24, 2.45) is 13.0 Å². The van der Waals surface area contributed by atoms with E-state index in [9.17, 15) is 24.0 Å². The van der Waals surface area contributed by atoms with Crippen LogP contribution in [0.25, 0.3) is 22.3 Å². The number of imide groups is 1. The van der Waals surface area contributed by atoms with Gasteiger partial charge in [-0.05, 0) is 99.4 Å². The molecule has 3 saturated heterocycles. The summed E-state index contributed by atoms with van der Waals surface area (Å²) >= 11 is 0. The van der Waals surface area contributed by atoms with E-state index in [-0.39, 0.29) is 52.3 Å². The smallest absolute Gasteiger partial charge is 0.329 e. The molecule has 2 aromatic carbocycles. The van der Waals surface area contributed by atoms with Crippen LogP contribution < -0.4 is 27.2 Å². The number of amides is 3. The van der Waals surface area contributed by atoms with Gasteiger partial charge in [-0.3, -0.25) is 48.0 Å². The number of likely N-dealkylation sites (N-methyl/N-ethyl adjacent to an activating group) is 1. The van der Waals surface area contributed by atoms with E-state index in [2.05, 4.69) is 48.5 Å². The third-order valence-electron chi connectivity index (χ3n) is 16.7. The van der Waals surface area contributed by atoms with Crippen LogP contribution in [0.1, 0.15) is 79.0 Å². The number of dihydropyridines is 1. The molecule has 11 rings (SSSR count). The summed E-state index contributed by atoms with van der Waals surface area (Å²) in [6.45, 7) is 11.8. The molecule has 3 fully saturated rings. The van der Waals surface area contributed by atoms with Gasteiger partial charge in [-0.2, -0.15) is 0 Å². The number of hydrogen-bond donors (Lipinski definition) is 3. The van der Waals surface area contributed by atoms with Gasteiger partial charge in [0.2, 0.25) is 11.8 Å². The van der Waals surface area contributed by atoms with E-state index >= 15 is 13.2 Å². The average molecular weight is 1000 g/mol. The molecule has 0 aliphatic carbocycles. The van der Waals surface area contributed by atoms with Gasteiger partial charge in [0.25, 0.3) is 11.5 Å². The maximum Gasteiger partial charge on any atom is 0.329 e. The Morgan fingerprint density at radius 2 is 1.60 bits per heavy atom. The Morgan fingerprint density at radius 1 is 0.863 bits per heavy atom. The number of carbonyl (C=O) groups is 3. The van der Waals surface area contributed by atoms with Crippen molar-refractivity contribution in [2.75, 3.05) is 77.8 Å². The summed E-state index contributed by atoms with van der Waals surface area (Å²) in [6.07, 6.45) is 11.7. The zero-order valence-electron chi connectivity index (χ0n) is 41.8. The summed E-state index contributed by atoms with van der Waals surface area (Å²) in [5.41, 5.74) is 4.85. The lowest BCUT2D eigenvalue weighted by atomic mass is 9.94. The predicted molar refractivity (Wildman–Crippen MR) is 272 cm³/mol. The number of piperazine rings is 1. The quantitative estimate of drug-likeness (QED) is 0.192. The molecule has 9 heterocycles. The summed E-state index contributed by atoms with van der Waals surface area (Å²) in [4.78, 5) is 75.8. The highest BCUT2D eigenvalue weighted by Crippen LogP contribution is 2.42. The number of piperidine rings is 2. The molecule has 0 radical (unpaired) electrons. The number of nitrogens with zero attached hydrogens (tertiary/aromatic N) is 8. The molecule has 3 amide bonds. The fourth-order valence-corrected chi connectivity index (χ4v) is 12.3. The SMILES string of the molecule is C[C@@H](C1=CC2=C(n3cc(F)c4c(c3=O)CCN4)C=CNC2(C)N1C)N1CC=C(c2c(F)cc(C(=O)N3CCC(CN4CCN(Cc5ccc6c(c5)n(C)c(=O)n6C5CCC(=O)NC5=O)CC4)CC3)cc2F)CC1. The number of benzene rings is 2. The summed E-state index contributed by atoms with van der Waals surface area (Å²) in [7, 11) is 3.68. The van der Waals surface area contributed by atoms with Gasteiger partial charge in [0.1, 0.15) is 23.3 Å². The van der Waals surface area contributed by atoms with E-state index < -0.39 is 35.1 Å². The second-order valence-corrected chi connectivity index (χ2v) is 20.9. The number of nitrogens with one attached hydrogen (secondary N) is 3. The zero-order valence-corrected chi connectivity index (χ0v) is 41.8. The van der Waals surface area contributed by atoms with Gasteiger partial charge < -0.3 is 25.3 Å². The minimum absolute atomic E-state index is 0.0118.